The molecular weight excluding hydrogens is 263 g/mol. The zero-order chi connectivity index (χ0) is 11.3. The van der Waals surface area contributed by atoms with Crippen LogP contribution in [0.15, 0.2) is 22.7 Å². The SMILES string of the molecule is CC(C)OCCOc1ccc(F)c(Br)c1. The van der Waals surface area contributed by atoms with Gasteiger partial charge < -0.3 is 9.47 Å². The third-order valence-corrected chi connectivity index (χ3v) is 2.30. The van der Waals surface area contributed by atoms with E-state index in [1.165, 1.54) is 6.07 Å². The van der Waals surface area contributed by atoms with E-state index < -0.39 is 0 Å². The van der Waals surface area contributed by atoms with Crippen molar-refractivity contribution in [1.29, 1.82) is 0 Å². The molecule has 1 aromatic carbocycles. The van der Waals surface area contributed by atoms with Crippen molar-refractivity contribution in [3.63, 3.8) is 0 Å². The van der Waals surface area contributed by atoms with Gasteiger partial charge in [-0.05, 0) is 48.0 Å². The summed E-state index contributed by atoms with van der Waals surface area (Å²) >= 11 is 3.09. The molecule has 0 unspecified atom stereocenters. The molecule has 0 amide bonds. The van der Waals surface area contributed by atoms with Gasteiger partial charge >= 0.3 is 0 Å². The molecule has 0 atom stereocenters. The fourth-order valence-corrected chi connectivity index (χ4v) is 1.37. The Hall–Kier alpha value is -0.610. The van der Waals surface area contributed by atoms with E-state index in [2.05, 4.69) is 15.9 Å². The maximum Gasteiger partial charge on any atom is 0.137 e. The molecule has 0 heterocycles. The average molecular weight is 277 g/mol. The number of halogens is 2. The van der Waals surface area contributed by atoms with Crippen LogP contribution in [-0.2, 0) is 4.74 Å². The van der Waals surface area contributed by atoms with Crippen LogP contribution in [0, 0.1) is 5.82 Å². The summed E-state index contributed by atoms with van der Waals surface area (Å²) in [6.07, 6.45) is 0.202. The summed E-state index contributed by atoms with van der Waals surface area (Å²) in [7, 11) is 0. The van der Waals surface area contributed by atoms with E-state index in [9.17, 15) is 4.39 Å². The molecule has 0 fully saturated rings. The Labute approximate surface area is 97.5 Å². The highest BCUT2D eigenvalue weighted by molar-refractivity contribution is 9.10. The molecule has 4 heteroatoms. The zero-order valence-electron chi connectivity index (χ0n) is 8.80. The summed E-state index contributed by atoms with van der Waals surface area (Å²) in [6, 6.07) is 4.56. The van der Waals surface area contributed by atoms with E-state index in [1.807, 2.05) is 13.8 Å². The van der Waals surface area contributed by atoms with Gasteiger partial charge in [0, 0.05) is 0 Å². The van der Waals surface area contributed by atoms with E-state index in [0.717, 1.165) is 0 Å². The van der Waals surface area contributed by atoms with Crippen LogP contribution in [0.4, 0.5) is 4.39 Å². The van der Waals surface area contributed by atoms with Crippen molar-refractivity contribution in [2.75, 3.05) is 13.2 Å². The zero-order valence-corrected chi connectivity index (χ0v) is 10.4. The van der Waals surface area contributed by atoms with Crippen LogP contribution < -0.4 is 4.74 Å². The summed E-state index contributed by atoms with van der Waals surface area (Å²) in [5, 5.41) is 0. The highest BCUT2D eigenvalue weighted by Gasteiger charge is 2.01. The topological polar surface area (TPSA) is 18.5 Å². The quantitative estimate of drug-likeness (QED) is 0.768. The van der Waals surface area contributed by atoms with Crippen molar-refractivity contribution in [3.8, 4) is 5.75 Å². The summed E-state index contributed by atoms with van der Waals surface area (Å²) in [6.45, 7) is 4.94. The lowest BCUT2D eigenvalue weighted by atomic mass is 10.3. The van der Waals surface area contributed by atoms with Crippen LogP contribution in [0.5, 0.6) is 5.75 Å². The van der Waals surface area contributed by atoms with E-state index >= 15 is 0 Å². The van der Waals surface area contributed by atoms with Gasteiger partial charge in [0.2, 0.25) is 0 Å². The summed E-state index contributed by atoms with van der Waals surface area (Å²) < 4.78 is 24.0. The molecule has 0 spiro atoms. The summed E-state index contributed by atoms with van der Waals surface area (Å²) in [4.78, 5) is 0. The maximum atomic E-state index is 12.9. The van der Waals surface area contributed by atoms with Crippen LogP contribution in [0.1, 0.15) is 13.8 Å². The van der Waals surface area contributed by atoms with Crippen LogP contribution in [0.3, 0.4) is 0 Å². The van der Waals surface area contributed by atoms with E-state index in [0.29, 0.717) is 23.4 Å². The molecule has 1 rings (SSSR count). The second-order valence-corrected chi connectivity index (χ2v) is 4.20. The molecule has 0 aliphatic heterocycles. The van der Waals surface area contributed by atoms with Crippen molar-refractivity contribution >= 4 is 15.9 Å². The minimum absolute atomic E-state index is 0.202. The second kappa shape index (κ2) is 6.08. The molecule has 1 aromatic rings. The van der Waals surface area contributed by atoms with Crippen LogP contribution >= 0.6 is 15.9 Å². The first-order valence-corrected chi connectivity index (χ1v) is 5.58. The fourth-order valence-electron chi connectivity index (χ4n) is 1.01. The Kier molecular flexibility index (Phi) is 5.05. The molecule has 84 valence electrons. The van der Waals surface area contributed by atoms with Crippen LogP contribution in [0.25, 0.3) is 0 Å². The van der Waals surface area contributed by atoms with Gasteiger partial charge in [-0.3, -0.25) is 0 Å². The van der Waals surface area contributed by atoms with Gasteiger partial charge in [0.25, 0.3) is 0 Å². The first-order valence-electron chi connectivity index (χ1n) is 4.79. The average Bonchev–Trinajstić information content (AvgIpc) is 2.18. The van der Waals surface area contributed by atoms with Crippen LogP contribution in [-0.4, -0.2) is 19.3 Å². The van der Waals surface area contributed by atoms with Crippen molar-refractivity contribution in [2.24, 2.45) is 0 Å². The molecular formula is C11H14BrFO2. The van der Waals surface area contributed by atoms with E-state index in [1.54, 1.807) is 12.1 Å². The molecule has 0 N–H and O–H groups in total. The number of ether oxygens (including phenoxy) is 2. The Morgan fingerprint density at radius 1 is 1.33 bits per heavy atom. The first-order chi connectivity index (χ1) is 7.09. The first kappa shape index (κ1) is 12.5. The molecule has 2 nitrogen and oxygen atoms in total. The number of hydrogen-bond donors (Lipinski definition) is 0. The van der Waals surface area contributed by atoms with Crippen molar-refractivity contribution < 1.29 is 13.9 Å². The third kappa shape index (κ3) is 4.62. The van der Waals surface area contributed by atoms with Gasteiger partial charge in [-0.25, -0.2) is 4.39 Å². The lowest BCUT2D eigenvalue weighted by Crippen LogP contribution is -2.11. The third-order valence-electron chi connectivity index (χ3n) is 1.69. The van der Waals surface area contributed by atoms with Crippen molar-refractivity contribution in [1.82, 2.24) is 0 Å². The van der Waals surface area contributed by atoms with Crippen molar-refractivity contribution in [2.45, 2.75) is 20.0 Å². The van der Waals surface area contributed by atoms with E-state index in [-0.39, 0.29) is 11.9 Å². The Morgan fingerprint density at radius 2 is 2.07 bits per heavy atom. The lowest BCUT2D eigenvalue weighted by Gasteiger charge is -2.09. The van der Waals surface area contributed by atoms with Gasteiger partial charge in [-0.1, -0.05) is 0 Å². The normalized spacial score (nSPS) is 10.7. The predicted molar refractivity (Wildman–Crippen MR) is 60.7 cm³/mol. The van der Waals surface area contributed by atoms with Gasteiger partial charge in [-0.15, -0.1) is 0 Å². The monoisotopic (exact) mass is 276 g/mol. The molecule has 0 aromatic heterocycles. The highest BCUT2D eigenvalue weighted by atomic mass is 79.9. The number of hydrogen-bond acceptors (Lipinski definition) is 2. The highest BCUT2D eigenvalue weighted by Crippen LogP contribution is 2.21. The largest absolute Gasteiger partial charge is 0.491 e. The van der Waals surface area contributed by atoms with Gasteiger partial charge in [0.15, 0.2) is 0 Å². The fraction of sp³-hybridized carbons (Fsp3) is 0.455. The molecule has 0 saturated heterocycles. The maximum absolute atomic E-state index is 12.9. The molecule has 15 heavy (non-hydrogen) atoms. The van der Waals surface area contributed by atoms with Gasteiger partial charge in [0.1, 0.15) is 18.2 Å². The molecule has 0 bridgehead atoms. The standard InChI is InChI=1S/C11H14BrFO2/c1-8(2)14-5-6-15-9-3-4-11(13)10(12)7-9/h3-4,7-8H,5-6H2,1-2H3. The minimum atomic E-state index is -0.291. The number of benzene rings is 1. The second-order valence-electron chi connectivity index (χ2n) is 3.34. The minimum Gasteiger partial charge on any atom is -0.491 e. The lowest BCUT2D eigenvalue weighted by molar-refractivity contribution is 0.0552. The van der Waals surface area contributed by atoms with E-state index in [4.69, 9.17) is 9.47 Å². The number of rotatable bonds is 5. The molecule has 0 aliphatic carbocycles. The predicted octanol–water partition coefficient (Wildman–Crippen LogP) is 3.39. The van der Waals surface area contributed by atoms with Gasteiger partial charge in [0.05, 0.1) is 17.2 Å². The Morgan fingerprint density at radius 3 is 2.67 bits per heavy atom. The molecule has 0 radical (unpaired) electrons. The molecule has 0 saturated carbocycles. The Bertz CT molecular complexity index is 315. The van der Waals surface area contributed by atoms with Crippen LogP contribution in [0.2, 0.25) is 0 Å². The van der Waals surface area contributed by atoms with Crippen molar-refractivity contribution in [3.05, 3.63) is 28.5 Å². The Balaban J connectivity index is 2.35. The van der Waals surface area contributed by atoms with Gasteiger partial charge in [-0.2, -0.15) is 0 Å². The molecule has 0 aliphatic rings. The summed E-state index contributed by atoms with van der Waals surface area (Å²) in [5.41, 5.74) is 0. The smallest absolute Gasteiger partial charge is 0.137 e. The summed E-state index contributed by atoms with van der Waals surface area (Å²) in [5.74, 6) is 0.344.